The lowest BCUT2D eigenvalue weighted by atomic mass is 10.1. The molecule has 19 heavy (non-hydrogen) atoms. The number of amidine groups is 1. The molecule has 0 fully saturated rings. The molecule has 0 aliphatic carbocycles. The lowest BCUT2D eigenvalue weighted by Crippen LogP contribution is -2.35. The van der Waals surface area contributed by atoms with Crippen LogP contribution in [0.1, 0.15) is 24.5 Å². The van der Waals surface area contributed by atoms with E-state index in [-0.39, 0.29) is 17.1 Å². The van der Waals surface area contributed by atoms with Crippen LogP contribution in [0.3, 0.4) is 0 Å². The van der Waals surface area contributed by atoms with Gasteiger partial charge in [-0.2, -0.15) is 13.2 Å². The van der Waals surface area contributed by atoms with Crippen molar-refractivity contribution in [1.29, 1.82) is 0 Å². The van der Waals surface area contributed by atoms with Crippen molar-refractivity contribution in [3.8, 4) is 0 Å². The lowest BCUT2D eigenvalue weighted by Gasteiger charge is -2.18. The van der Waals surface area contributed by atoms with Gasteiger partial charge in [-0.05, 0) is 31.0 Å². The highest BCUT2D eigenvalue weighted by Crippen LogP contribution is 2.33. The molecule has 0 bridgehead atoms. The summed E-state index contributed by atoms with van der Waals surface area (Å²) in [5.74, 6) is -0.0726. The molecule has 4 nitrogen and oxygen atoms in total. The predicted octanol–water partition coefficient (Wildman–Crippen LogP) is 2.95. The highest BCUT2D eigenvalue weighted by Gasteiger charge is 2.32. The number of hydrogen-bond acceptors (Lipinski definition) is 3. The zero-order valence-electron chi connectivity index (χ0n) is 10.6. The lowest BCUT2D eigenvalue weighted by molar-refractivity contribution is -0.138. The molecule has 0 amide bonds. The molecule has 1 aromatic rings. The molecular formula is C12H16F3N3O. The summed E-state index contributed by atoms with van der Waals surface area (Å²) in [6.07, 6.45) is -3.93. The number of hydrogen-bond donors (Lipinski definition) is 3. The normalized spacial score (nSPS) is 14.3. The molecule has 1 unspecified atom stereocenters. The summed E-state index contributed by atoms with van der Waals surface area (Å²) in [5.41, 5.74) is 5.17. The van der Waals surface area contributed by atoms with Gasteiger partial charge in [0.2, 0.25) is 0 Å². The van der Waals surface area contributed by atoms with Gasteiger partial charge >= 0.3 is 6.18 Å². The van der Waals surface area contributed by atoms with Gasteiger partial charge in [0, 0.05) is 5.69 Å². The number of benzene rings is 1. The van der Waals surface area contributed by atoms with Crippen molar-refractivity contribution in [1.82, 2.24) is 0 Å². The van der Waals surface area contributed by atoms with Crippen molar-refractivity contribution >= 4 is 11.5 Å². The number of nitrogens with zero attached hydrogens (tertiary/aromatic N) is 1. The summed E-state index contributed by atoms with van der Waals surface area (Å²) >= 11 is 0. The average molecular weight is 275 g/mol. The SMILES string of the molecule is CCC(Nc1ccc(C)c(C(F)(F)F)c1)C(N)=NO. The molecule has 0 aliphatic rings. The van der Waals surface area contributed by atoms with Gasteiger partial charge in [0.15, 0.2) is 5.84 Å². The quantitative estimate of drug-likeness (QED) is 0.342. The number of oxime groups is 1. The topological polar surface area (TPSA) is 70.6 Å². The van der Waals surface area contributed by atoms with Gasteiger partial charge in [0.25, 0.3) is 0 Å². The van der Waals surface area contributed by atoms with Crippen molar-refractivity contribution in [2.24, 2.45) is 10.9 Å². The first-order valence-electron chi connectivity index (χ1n) is 5.71. The highest BCUT2D eigenvalue weighted by atomic mass is 19.4. The first kappa shape index (κ1) is 15.1. The van der Waals surface area contributed by atoms with Crippen molar-refractivity contribution in [2.75, 3.05) is 5.32 Å². The minimum Gasteiger partial charge on any atom is -0.409 e. The summed E-state index contributed by atoms with van der Waals surface area (Å²) < 4.78 is 38.3. The second kappa shape index (κ2) is 5.81. The van der Waals surface area contributed by atoms with Crippen molar-refractivity contribution in [3.63, 3.8) is 0 Å². The third kappa shape index (κ3) is 3.77. The fourth-order valence-corrected chi connectivity index (χ4v) is 1.67. The zero-order valence-corrected chi connectivity index (χ0v) is 10.6. The summed E-state index contributed by atoms with van der Waals surface area (Å²) in [4.78, 5) is 0. The van der Waals surface area contributed by atoms with Crippen LogP contribution in [0.5, 0.6) is 0 Å². The van der Waals surface area contributed by atoms with Gasteiger partial charge in [-0.3, -0.25) is 0 Å². The van der Waals surface area contributed by atoms with Crippen LogP contribution < -0.4 is 11.1 Å². The van der Waals surface area contributed by atoms with Crippen LogP contribution in [0.2, 0.25) is 0 Å². The molecule has 7 heteroatoms. The van der Waals surface area contributed by atoms with Crippen molar-refractivity contribution in [3.05, 3.63) is 29.3 Å². The van der Waals surface area contributed by atoms with Crippen LogP contribution in [0.15, 0.2) is 23.4 Å². The predicted molar refractivity (Wildman–Crippen MR) is 67.3 cm³/mol. The van der Waals surface area contributed by atoms with Crippen LogP contribution >= 0.6 is 0 Å². The minimum atomic E-state index is -4.40. The number of anilines is 1. The Morgan fingerprint density at radius 3 is 2.58 bits per heavy atom. The third-order valence-electron chi connectivity index (χ3n) is 2.76. The number of nitrogens with one attached hydrogen (secondary N) is 1. The van der Waals surface area contributed by atoms with Crippen LogP contribution in [-0.4, -0.2) is 17.1 Å². The smallest absolute Gasteiger partial charge is 0.409 e. The molecular weight excluding hydrogens is 259 g/mol. The summed E-state index contributed by atoms with van der Waals surface area (Å²) in [7, 11) is 0. The second-order valence-corrected chi connectivity index (χ2v) is 4.16. The Hall–Kier alpha value is -1.92. The fraction of sp³-hybridized carbons (Fsp3) is 0.417. The average Bonchev–Trinajstić information content (AvgIpc) is 2.35. The molecule has 106 valence electrons. The third-order valence-corrected chi connectivity index (χ3v) is 2.76. The number of rotatable bonds is 4. The maximum Gasteiger partial charge on any atom is 0.416 e. The summed E-state index contributed by atoms with van der Waals surface area (Å²) in [5, 5.41) is 14.2. The van der Waals surface area contributed by atoms with Gasteiger partial charge in [-0.25, -0.2) is 0 Å². The molecule has 4 N–H and O–H groups in total. The Morgan fingerprint density at radius 1 is 1.47 bits per heavy atom. The van der Waals surface area contributed by atoms with E-state index in [1.807, 2.05) is 0 Å². The molecule has 1 atom stereocenters. The van der Waals surface area contributed by atoms with Crippen LogP contribution in [0, 0.1) is 6.92 Å². The van der Waals surface area contributed by atoms with E-state index in [4.69, 9.17) is 10.9 Å². The standard InChI is InChI=1S/C12H16F3N3O/c1-3-10(11(16)18-19)17-8-5-4-7(2)9(6-8)12(13,14)15/h4-6,10,17,19H,3H2,1-2H3,(H2,16,18). The molecule has 0 spiro atoms. The molecule has 0 saturated heterocycles. The fourth-order valence-electron chi connectivity index (χ4n) is 1.67. The Morgan fingerprint density at radius 2 is 2.11 bits per heavy atom. The Bertz CT molecular complexity index is 472. The van der Waals surface area contributed by atoms with Crippen molar-refractivity contribution in [2.45, 2.75) is 32.5 Å². The largest absolute Gasteiger partial charge is 0.416 e. The molecule has 0 aromatic heterocycles. The molecule has 0 radical (unpaired) electrons. The first-order valence-corrected chi connectivity index (χ1v) is 5.71. The summed E-state index contributed by atoms with van der Waals surface area (Å²) in [6.45, 7) is 3.17. The molecule has 0 saturated carbocycles. The van der Waals surface area contributed by atoms with Gasteiger partial charge in [0.05, 0.1) is 11.6 Å². The van der Waals surface area contributed by atoms with E-state index in [2.05, 4.69) is 10.5 Å². The number of alkyl halides is 3. The van der Waals surface area contributed by atoms with Gasteiger partial charge in [-0.1, -0.05) is 18.1 Å². The van der Waals surface area contributed by atoms with E-state index >= 15 is 0 Å². The van der Waals surface area contributed by atoms with Gasteiger partial charge < -0.3 is 16.3 Å². The highest BCUT2D eigenvalue weighted by molar-refractivity contribution is 5.87. The first-order chi connectivity index (χ1) is 8.79. The maximum atomic E-state index is 12.8. The molecule has 1 rings (SSSR count). The molecule has 1 aromatic carbocycles. The maximum absolute atomic E-state index is 12.8. The van der Waals surface area contributed by atoms with E-state index < -0.39 is 17.8 Å². The van der Waals surface area contributed by atoms with E-state index in [1.165, 1.54) is 19.1 Å². The van der Waals surface area contributed by atoms with E-state index in [0.29, 0.717) is 6.42 Å². The van der Waals surface area contributed by atoms with Crippen LogP contribution in [0.4, 0.5) is 18.9 Å². The number of aryl methyl sites for hydroxylation is 1. The number of halogens is 3. The van der Waals surface area contributed by atoms with E-state index in [1.54, 1.807) is 6.92 Å². The summed E-state index contributed by atoms with van der Waals surface area (Å²) in [6, 6.07) is 3.40. The van der Waals surface area contributed by atoms with E-state index in [9.17, 15) is 13.2 Å². The van der Waals surface area contributed by atoms with Crippen LogP contribution in [0.25, 0.3) is 0 Å². The Labute approximate surface area is 109 Å². The van der Waals surface area contributed by atoms with Crippen LogP contribution in [-0.2, 0) is 6.18 Å². The Kier molecular flexibility index (Phi) is 4.63. The van der Waals surface area contributed by atoms with Gasteiger partial charge in [0.1, 0.15) is 0 Å². The van der Waals surface area contributed by atoms with E-state index in [0.717, 1.165) is 6.07 Å². The zero-order chi connectivity index (χ0) is 14.6. The number of nitrogens with two attached hydrogens (primary N) is 1. The Balaban J connectivity index is 3.03. The molecule has 0 heterocycles. The second-order valence-electron chi connectivity index (χ2n) is 4.16. The monoisotopic (exact) mass is 275 g/mol. The van der Waals surface area contributed by atoms with Gasteiger partial charge in [-0.15, -0.1) is 0 Å². The molecule has 0 aliphatic heterocycles. The minimum absolute atomic E-state index is 0.0726. The van der Waals surface area contributed by atoms with Crippen molar-refractivity contribution < 1.29 is 18.4 Å².